The van der Waals surface area contributed by atoms with Crippen molar-refractivity contribution in [1.82, 2.24) is 10.9 Å². The number of halogens is 1. The molecule has 0 fully saturated rings. The summed E-state index contributed by atoms with van der Waals surface area (Å²) in [5.74, 6) is -0.784. The van der Waals surface area contributed by atoms with Crippen LogP contribution in [0.1, 0.15) is 26.3 Å². The first-order valence-electron chi connectivity index (χ1n) is 5.78. The molecule has 0 saturated heterocycles. The Bertz CT molecular complexity index is 452. The zero-order valence-electron chi connectivity index (χ0n) is 11.1. The van der Waals surface area contributed by atoms with Crippen molar-refractivity contribution in [2.45, 2.75) is 32.8 Å². The van der Waals surface area contributed by atoms with Crippen molar-refractivity contribution >= 4 is 12.0 Å². The number of hydrogen-bond acceptors (Lipinski definition) is 3. The SMILES string of the molecule is CC(C)(C)OC(=O)NNC(=O)Cc1ccc(F)cc1. The van der Waals surface area contributed by atoms with Crippen molar-refractivity contribution in [3.63, 3.8) is 0 Å². The third-order valence-electron chi connectivity index (χ3n) is 1.98. The number of nitrogens with one attached hydrogen (secondary N) is 2. The molecular weight excluding hydrogens is 251 g/mol. The van der Waals surface area contributed by atoms with Crippen LogP contribution in [0.2, 0.25) is 0 Å². The molecule has 0 heterocycles. The molecule has 2 amide bonds. The molecule has 0 spiro atoms. The minimum atomic E-state index is -0.736. The molecule has 0 aliphatic heterocycles. The van der Waals surface area contributed by atoms with Gasteiger partial charge in [0.1, 0.15) is 11.4 Å². The van der Waals surface area contributed by atoms with Gasteiger partial charge in [-0.25, -0.2) is 14.6 Å². The maximum atomic E-state index is 12.7. The van der Waals surface area contributed by atoms with Crippen LogP contribution >= 0.6 is 0 Å². The lowest BCUT2D eigenvalue weighted by molar-refractivity contribution is -0.121. The van der Waals surface area contributed by atoms with E-state index < -0.39 is 17.6 Å². The third kappa shape index (κ3) is 6.40. The van der Waals surface area contributed by atoms with E-state index in [2.05, 4.69) is 10.9 Å². The largest absolute Gasteiger partial charge is 0.443 e. The molecule has 104 valence electrons. The van der Waals surface area contributed by atoms with Crippen molar-refractivity contribution in [2.24, 2.45) is 0 Å². The number of hydrazine groups is 1. The normalized spacial score (nSPS) is 10.7. The van der Waals surface area contributed by atoms with Gasteiger partial charge in [-0.1, -0.05) is 12.1 Å². The molecule has 6 heteroatoms. The van der Waals surface area contributed by atoms with Gasteiger partial charge in [0.15, 0.2) is 0 Å². The van der Waals surface area contributed by atoms with Gasteiger partial charge in [0.2, 0.25) is 5.91 Å². The maximum absolute atomic E-state index is 12.7. The fourth-order valence-electron chi connectivity index (χ4n) is 1.26. The van der Waals surface area contributed by atoms with Crippen molar-refractivity contribution < 1.29 is 18.7 Å². The molecule has 0 bridgehead atoms. The fourth-order valence-corrected chi connectivity index (χ4v) is 1.26. The Kier molecular flexibility index (Phi) is 4.86. The van der Waals surface area contributed by atoms with Crippen LogP contribution in [0.4, 0.5) is 9.18 Å². The van der Waals surface area contributed by atoms with E-state index in [-0.39, 0.29) is 12.2 Å². The van der Waals surface area contributed by atoms with E-state index in [4.69, 9.17) is 4.74 Å². The molecule has 0 radical (unpaired) electrons. The van der Waals surface area contributed by atoms with Gasteiger partial charge in [0, 0.05) is 0 Å². The molecule has 0 saturated carbocycles. The summed E-state index contributed by atoms with van der Waals surface area (Å²) in [6.45, 7) is 5.15. The van der Waals surface area contributed by atoms with Crippen LogP contribution in [0.3, 0.4) is 0 Å². The minimum Gasteiger partial charge on any atom is -0.443 e. The van der Waals surface area contributed by atoms with Crippen molar-refractivity contribution in [3.05, 3.63) is 35.6 Å². The average molecular weight is 268 g/mol. The summed E-state index contributed by atoms with van der Waals surface area (Å²) in [7, 11) is 0. The van der Waals surface area contributed by atoms with E-state index in [0.717, 1.165) is 0 Å². The van der Waals surface area contributed by atoms with Gasteiger partial charge in [-0.3, -0.25) is 10.2 Å². The Morgan fingerprint density at radius 1 is 1.16 bits per heavy atom. The van der Waals surface area contributed by atoms with Crippen molar-refractivity contribution in [2.75, 3.05) is 0 Å². The third-order valence-corrected chi connectivity index (χ3v) is 1.98. The number of benzene rings is 1. The average Bonchev–Trinajstić information content (AvgIpc) is 2.27. The van der Waals surface area contributed by atoms with Crippen molar-refractivity contribution in [1.29, 1.82) is 0 Å². The molecular formula is C13H17FN2O3. The molecule has 1 aromatic carbocycles. The van der Waals surface area contributed by atoms with Crippen LogP contribution in [0, 0.1) is 5.82 Å². The molecule has 0 unspecified atom stereocenters. The van der Waals surface area contributed by atoms with Gasteiger partial charge in [0.05, 0.1) is 6.42 Å². The van der Waals surface area contributed by atoms with E-state index >= 15 is 0 Å². The second-order valence-corrected chi connectivity index (χ2v) is 4.98. The highest BCUT2D eigenvalue weighted by Gasteiger charge is 2.16. The van der Waals surface area contributed by atoms with Gasteiger partial charge in [0.25, 0.3) is 0 Å². The summed E-state index contributed by atoms with van der Waals surface area (Å²) in [5, 5.41) is 0. The quantitative estimate of drug-likeness (QED) is 0.805. The molecule has 0 aliphatic carbocycles. The zero-order valence-corrected chi connectivity index (χ0v) is 11.1. The fraction of sp³-hybridized carbons (Fsp3) is 0.385. The second-order valence-electron chi connectivity index (χ2n) is 4.98. The van der Waals surface area contributed by atoms with Crippen LogP contribution in [0.15, 0.2) is 24.3 Å². The lowest BCUT2D eigenvalue weighted by Crippen LogP contribution is -2.44. The number of rotatable bonds is 2. The summed E-state index contributed by atoms with van der Waals surface area (Å²) in [5.41, 5.74) is 4.36. The van der Waals surface area contributed by atoms with Crippen LogP contribution in [0.25, 0.3) is 0 Å². The molecule has 2 N–H and O–H groups in total. The Hall–Kier alpha value is -2.11. The predicted molar refractivity (Wildman–Crippen MR) is 67.6 cm³/mol. The number of amides is 2. The molecule has 1 aromatic rings. The minimum absolute atomic E-state index is 0.0378. The Morgan fingerprint density at radius 2 is 1.74 bits per heavy atom. The van der Waals surface area contributed by atoms with Crippen LogP contribution < -0.4 is 10.9 Å². The number of carbonyl (C=O) groups excluding carboxylic acids is 2. The van der Waals surface area contributed by atoms with E-state index in [0.29, 0.717) is 5.56 Å². The number of carbonyl (C=O) groups is 2. The molecule has 19 heavy (non-hydrogen) atoms. The van der Waals surface area contributed by atoms with Crippen LogP contribution in [-0.4, -0.2) is 17.6 Å². The summed E-state index contributed by atoms with van der Waals surface area (Å²) in [6.07, 6.45) is -0.698. The second kappa shape index (κ2) is 6.17. The van der Waals surface area contributed by atoms with Crippen LogP contribution in [-0.2, 0) is 16.0 Å². The van der Waals surface area contributed by atoms with E-state index in [1.165, 1.54) is 24.3 Å². The number of hydrogen-bond donors (Lipinski definition) is 2. The first-order chi connectivity index (χ1) is 8.76. The lowest BCUT2D eigenvalue weighted by Gasteiger charge is -2.19. The number of ether oxygens (including phenoxy) is 1. The Morgan fingerprint density at radius 3 is 2.26 bits per heavy atom. The van der Waals surface area contributed by atoms with Gasteiger partial charge in [-0.15, -0.1) is 0 Å². The monoisotopic (exact) mass is 268 g/mol. The Balaban J connectivity index is 2.36. The highest BCUT2D eigenvalue weighted by Crippen LogP contribution is 2.06. The first-order valence-corrected chi connectivity index (χ1v) is 5.78. The smallest absolute Gasteiger partial charge is 0.426 e. The first kappa shape index (κ1) is 14.9. The van der Waals surface area contributed by atoms with Gasteiger partial charge in [-0.05, 0) is 38.5 Å². The molecule has 0 aromatic heterocycles. The van der Waals surface area contributed by atoms with Crippen LogP contribution in [0.5, 0.6) is 0 Å². The van der Waals surface area contributed by atoms with Gasteiger partial charge < -0.3 is 4.74 Å². The van der Waals surface area contributed by atoms with Gasteiger partial charge >= 0.3 is 6.09 Å². The van der Waals surface area contributed by atoms with E-state index in [1.807, 2.05) is 0 Å². The van der Waals surface area contributed by atoms with E-state index in [1.54, 1.807) is 20.8 Å². The maximum Gasteiger partial charge on any atom is 0.426 e. The summed E-state index contributed by atoms with van der Waals surface area (Å²) in [6, 6.07) is 5.54. The van der Waals surface area contributed by atoms with Crippen molar-refractivity contribution in [3.8, 4) is 0 Å². The highest BCUT2D eigenvalue weighted by atomic mass is 19.1. The lowest BCUT2D eigenvalue weighted by atomic mass is 10.1. The zero-order chi connectivity index (χ0) is 14.5. The summed E-state index contributed by atoms with van der Waals surface area (Å²) < 4.78 is 17.6. The summed E-state index contributed by atoms with van der Waals surface area (Å²) in [4.78, 5) is 22.8. The molecule has 1 rings (SSSR count). The van der Waals surface area contributed by atoms with E-state index in [9.17, 15) is 14.0 Å². The molecule has 5 nitrogen and oxygen atoms in total. The van der Waals surface area contributed by atoms with Gasteiger partial charge in [-0.2, -0.15) is 0 Å². The summed E-state index contributed by atoms with van der Waals surface area (Å²) >= 11 is 0. The predicted octanol–water partition coefficient (Wildman–Crippen LogP) is 1.92. The highest BCUT2D eigenvalue weighted by molar-refractivity contribution is 5.81. The Labute approximate surface area is 111 Å². The standard InChI is InChI=1S/C13H17FN2O3/c1-13(2,3)19-12(18)16-15-11(17)8-9-4-6-10(14)7-5-9/h4-7H,8H2,1-3H3,(H,15,17)(H,16,18). The topological polar surface area (TPSA) is 67.4 Å². The molecule has 0 aliphatic rings. The molecule has 0 atom stereocenters.